The summed E-state index contributed by atoms with van der Waals surface area (Å²) in [7, 11) is -0.846. The molecule has 1 saturated carbocycles. The first kappa shape index (κ1) is 18.7. The van der Waals surface area contributed by atoms with E-state index in [2.05, 4.69) is 12.2 Å². The van der Waals surface area contributed by atoms with Crippen molar-refractivity contribution < 1.29 is 14.1 Å². The SMILES string of the molecule is CCS(=O)C1CCCCC1NC(=O)N1CCC(CC)(CO)CC1. The fourth-order valence-corrected chi connectivity index (χ4v) is 5.28. The quantitative estimate of drug-likeness (QED) is 0.804. The van der Waals surface area contributed by atoms with Crippen LogP contribution < -0.4 is 5.32 Å². The van der Waals surface area contributed by atoms with Crippen molar-refractivity contribution in [3.05, 3.63) is 0 Å². The number of aliphatic hydroxyl groups is 1. The van der Waals surface area contributed by atoms with Gasteiger partial charge in [-0.05, 0) is 37.5 Å². The van der Waals surface area contributed by atoms with Gasteiger partial charge in [0, 0.05) is 42.3 Å². The van der Waals surface area contributed by atoms with E-state index in [0.717, 1.165) is 44.9 Å². The van der Waals surface area contributed by atoms with Crippen LogP contribution in [0.4, 0.5) is 4.79 Å². The topological polar surface area (TPSA) is 69.6 Å². The zero-order valence-corrected chi connectivity index (χ0v) is 15.4. The van der Waals surface area contributed by atoms with Crippen molar-refractivity contribution in [2.24, 2.45) is 5.41 Å². The molecule has 0 bridgehead atoms. The highest BCUT2D eigenvalue weighted by molar-refractivity contribution is 7.85. The number of rotatable bonds is 5. The lowest BCUT2D eigenvalue weighted by Gasteiger charge is -2.41. The van der Waals surface area contributed by atoms with Crippen LogP contribution in [0.5, 0.6) is 0 Å². The lowest BCUT2D eigenvalue weighted by molar-refractivity contribution is 0.0513. The summed E-state index contributed by atoms with van der Waals surface area (Å²) >= 11 is 0. The predicted molar refractivity (Wildman–Crippen MR) is 93.9 cm³/mol. The lowest BCUT2D eigenvalue weighted by Crippen LogP contribution is -2.54. The fourth-order valence-electron chi connectivity index (χ4n) is 3.85. The summed E-state index contributed by atoms with van der Waals surface area (Å²) in [5.41, 5.74) is -0.00609. The van der Waals surface area contributed by atoms with Crippen molar-refractivity contribution in [3.63, 3.8) is 0 Å². The van der Waals surface area contributed by atoms with Gasteiger partial charge in [0.25, 0.3) is 0 Å². The minimum Gasteiger partial charge on any atom is -0.396 e. The first-order valence-electron chi connectivity index (χ1n) is 9.08. The second-order valence-electron chi connectivity index (χ2n) is 7.05. The molecule has 1 saturated heterocycles. The van der Waals surface area contributed by atoms with E-state index in [1.807, 2.05) is 11.8 Å². The Morgan fingerprint density at radius 2 is 1.91 bits per heavy atom. The summed E-state index contributed by atoms with van der Waals surface area (Å²) in [4.78, 5) is 14.4. The Bertz CT molecular complexity index is 416. The van der Waals surface area contributed by atoms with E-state index in [9.17, 15) is 14.1 Å². The van der Waals surface area contributed by atoms with Crippen molar-refractivity contribution in [2.45, 2.75) is 70.1 Å². The van der Waals surface area contributed by atoms with Crippen LogP contribution >= 0.6 is 0 Å². The van der Waals surface area contributed by atoms with Crippen molar-refractivity contribution in [1.82, 2.24) is 10.2 Å². The Balaban J connectivity index is 1.90. The number of nitrogens with zero attached hydrogens (tertiary/aromatic N) is 1. The highest BCUT2D eigenvalue weighted by atomic mass is 32.2. The number of nitrogens with one attached hydrogen (secondary N) is 1. The number of carbonyl (C=O) groups is 1. The zero-order valence-electron chi connectivity index (χ0n) is 14.6. The van der Waals surface area contributed by atoms with Crippen molar-refractivity contribution >= 4 is 16.8 Å². The fraction of sp³-hybridized carbons (Fsp3) is 0.941. The van der Waals surface area contributed by atoms with E-state index >= 15 is 0 Å². The minimum absolute atomic E-state index is 0.00609. The highest BCUT2D eigenvalue weighted by Gasteiger charge is 2.36. The molecule has 3 atom stereocenters. The van der Waals surface area contributed by atoms with Gasteiger partial charge in [0.1, 0.15) is 0 Å². The average Bonchev–Trinajstić information content (AvgIpc) is 2.61. The molecule has 2 fully saturated rings. The summed E-state index contributed by atoms with van der Waals surface area (Å²) in [5, 5.41) is 12.9. The monoisotopic (exact) mass is 344 g/mol. The van der Waals surface area contributed by atoms with Crippen LogP contribution in [0.2, 0.25) is 0 Å². The number of carbonyl (C=O) groups excluding carboxylic acids is 1. The standard InChI is InChI=1S/C17H32N2O3S/c1-3-17(13-20)9-11-19(12-10-17)16(21)18-14-7-5-6-8-15(14)23(22)4-2/h14-15,20H,3-13H2,1-2H3,(H,18,21). The number of piperidine rings is 1. The van der Waals surface area contributed by atoms with Crippen LogP contribution in [-0.4, -0.2) is 57.0 Å². The summed E-state index contributed by atoms with van der Waals surface area (Å²) in [6, 6.07) is 0.0328. The molecule has 2 N–H and O–H groups in total. The summed E-state index contributed by atoms with van der Waals surface area (Å²) in [6.45, 7) is 5.67. The summed E-state index contributed by atoms with van der Waals surface area (Å²) in [5.74, 6) is 0.663. The van der Waals surface area contributed by atoms with Gasteiger partial charge in [-0.1, -0.05) is 26.7 Å². The third-order valence-electron chi connectivity index (χ3n) is 5.83. The summed E-state index contributed by atoms with van der Waals surface area (Å²) in [6.07, 6.45) is 6.79. The molecule has 1 heterocycles. The van der Waals surface area contributed by atoms with Crippen LogP contribution in [0, 0.1) is 5.41 Å². The maximum atomic E-state index is 12.6. The van der Waals surface area contributed by atoms with Crippen LogP contribution in [-0.2, 0) is 10.8 Å². The van der Waals surface area contributed by atoms with Gasteiger partial charge < -0.3 is 15.3 Å². The van der Waals surface area contributed by atoms with Crippen molar-refractivity contribution in [2.75, 3.05) is 25.4 Å². The molecule has 134 valence electrons. The molecule has 2 aliphatic rings. The molecule has 2 rings (SSSR count). The van der Waals surface area contributed by atoms with Crippen LogP contribution in [0.25, 0.3) is 0 Å². The van der Waals surface area contributed by atoms with Crippen LogP contribution in [0.15, 0.2) is 0 Å². The molecule has 3 unspecified atom stereocenters. The molecule has 6 heteroatoms. The van der Waals surface area contributed by atoms with E-state index in [1.165, 1.54) is 0 Å². The van der Waals surface area contributed by atoms with Gasteiger partial charge >= 0.3 is 6.03 Å². The Labute approximate surface area is 142 Å². The second-order valence-corrected chi connectivity index (χ2v) is 8.99. The molecule has 0 aromatic heterocycles. The van der Waals surface area contributed by atoms with Gasteiger partial charge in [0.05, 0.1) is 5.25 Å². The molecule has 0 aromatic carbocycles. The van der Waals surface area contributed by atoms with Crippen molar-refractivity contribution in [3.8, 4) is 0 Å². The third-order valence-corrected chi connectivity index (χ3v) is 7.64. The highest BCUT2D eigenvalue weighted by Crippen LogP contribution is 2.34. The van der Waals surface area contributed by atoms with Gasteiger partial charge in [0.15, 0.2) is 0 Å². The number of urea groups is 1. The molecular weight excluding hydrogens is 312 g/mol. The normalized spacial score (nSPS) is 29.1. The zero-order chi connectivity index (χ0) is 16.9. The maximum Gasteiger partial charge on any atom is 0.317 e. The number of hydrogen-bond donors (Lipinski definition) is 2. The number of aliphatic hydroxyl groups excluding tert-OH is 1. The smallest absolute Gasteiger partial charge is 0.317 e. The van der Waals surface area contributed by atoms with Gasteiger partial charge in [-0.15, -0.1) is 0 Å². The molecule has 1 aliphatic heterocycles. The molecule has 23 heavy (non-hydrogen) atoms. The molecule has 5 nitrogen and oxygen atoms in total. The van der Waals surface area contributed by atoms with E-state index in [1.54, 1.807) is 0 Å². The van der Waals surface area contributed by atoms with Crippen LogP contribution in [0.1, 0.15) is 58.8 Å². The van der Waals surface area contributed by atoms with E-state index in [0.29, 0.717) is 18.8 Å². The number of likely N-dealkylation sites (tertiary alicyclic amines) is 1. The molecule has 1 aliphatic carbocycles. The largest absolute Gasteiger partial charge is 0.396 e. The summed E-state index contributed by atoms with van der Waals surface area (Å²) < 4.78 is 12.2. The lowest BCUT2D eigenvalue weighted by atomic mass is 9.77. The van der Waals surface area contributed by atoms with Crippen molar-refractivity contribution in [1.29, 1.82) is 0 Å². The molecule has 0 radical (unpaired) electrons. The number of hydrogen-bond acceptors (Lipinski definition) is 3. The second kappa shape index (κ2) is 8.47. The Hall–Kier alpha value is -0.620. The van der Waals surface area contributed by atoms with E-state index in [-0.39, 0.29) is 29.3 Å². The van der Waals surface area contributed by atoms with Gasteiger partial charge in [-0.25, -0.2) is 4.79 Å². The van der Waals surface area contributed by atoms with Crippen LogP contribution in [0.3, 0.4) is 0 Å². The number of amides is 2. The molecule has 2 amide bonds. The predicted octanol–water partition coefficient (Wildman–Crippen LogP) is 2.26. The minimum atomic E-state index is -0.846. The Morgan fingerprint density at radius 1 is 1.26 bits per heavy atom. The average molecular weight is 345 g/mol. The van der Waals surface area contributed by atoms with Gasteiger partial charge in [-0.3, -0.25) is 4.21 Å². The van der Waals surface area contributed by atoms with E-state index in [4.69, 9.17) is 0 Å². The molecule has 0 spiro atoms. The maximum absolute atomic E-state index is 12.6. The third kappa shape index (κ3) is 4.47. The first-order chi connectivity index (χ1) is 11.0. The Morgan fingerprint density at radius 3 is 2.48 bits per heavy atom. The van der Waals surface area contributed by atoms with Gasteiger partial charge in [-0.2, -0.15) is 0 Å². The van der Waals surface area contributed by atoms with Gasteiger partial charge in [0.2, 0.25) is 0 Å². The first-order valence-corrected chi connectivity index (χ1v) is 10.5. The molecule has 0 aromatic rings. The Kier molecular flexibility index (Phi) is 6.89. The van der Waals surface area contributed by atoms with E-state index < -0.39 is 10.8 Å². The molecular formula is C17H32N2O3S.